The van der Waals surface area contributed by atoms with E-state index in [0.29, 0.717) is 0 Å². The zero-order valence-electron chi connectivity index (χ0n) is 8.98. The van der Waals surface area contributed by atoms with Crippen LogP contribution < -0.4 is 10.2 Å². The molecule has 1 unspecified atom stereocenters. The largest absolute Gasteiger partial charge is 0.353 e. The van der Waals surface area contributed by atoms with E-state index in [0.717, 1.165) is 29.8 Å². The van der Waals surface area contributed by atoms with Crippen molar-refractivity contribution in [3.05, 3.63) is 17.0 Å². The summed E-state index contributed by atoms with van der Waals surface area (Å²) in [6, 6.07) is 0.222. The molecule has 2 rings (SSSR count). The van der Waals surface area contributed by atoms with Crippen LogP contribution in [0, 0.1) is 0 Å². The fourth-order valence-corrected chi connectivity index (χ4v) is 2.37. The van der Waals surface area contributed by atoms with E-state index in [9.17, 15) is 4.79 Å². The van der Waals surface area contributed by atoms with Crippen molar-refractivity contribution in [2.24, 2.45) is 0 Å². The maximum Gasteiger partial charge on any atom is 0.217 e. The molecule has 86 valence electrons. The summed E-state index contributed by atoms with van der Waals surface area (Å²) in [5, 5.41) is 2.92. The lowest BCUT2D eigenvalue weighted by Gasteiger charge is -2.18. The molecule has 1 aromatic rings. The van der Waals surface area contributed by atoms with Gasteiger partial charge < -0.3 is 10.2 Å². The molecule has 1 N–H and O–H groups in total. The Bertz CT molecular complexity index is 398. The fraction of sp³-hybridized carbons (Fsp3) is 0.500. The van der Waals surface area contributed by atoms with E-state index in [1.165, 1.54) is 6.33 Å². The Morgan fingerprint density at radius 2 is 2.50 bits per heavy atom. The molecule has 1 aliphatic rings. The average molecular weight is 285 g/mol. The van der Waals surface area contributed by atoms with Crippen molar-refractivity contribution in [2.45, 2.75) is 19.4 Å². The Labute approximate surface area is 102 Å². The topological polar surface area (TPSA) is 58.1 Å². The van der Waals surface area contributed by atoms with Crippen LogP contribution in [-0.4, -0.2) is 35.0 Å². The van der Waals surface area contributed by atoms with E-state index in [-0.39, 0.29) is 11.9 Å². The summed E-state index contributed by atoms with van der Waals surface area (Å²) in [6.07, 6.45) is 4.22. The van der Waals surface area contributed by atoms with Crippen molar-refractivity contribution >= 4 is 27.7 Å². The number of halogens is 1. The number of aromatic nitrogens is 2. The zero-order chi connectivity index (χ0) is 11.5. The van der Waals surface area contributed by atoms with Crippen LogP contribution in [0.1, 0.15) is 13.3 Å². The summed E-state index contributed by atoms with van der Waals surface area (Å²) in [5.41, 5.74) is 0. The van der Waals surface area contributed by atoms with Gasteiger partial charge in [-0.25, -0.2) is 9.97 Å². The first-order valence-electron chi connectivity index (χ1n) is 5.14. The molecule has 1 aliphatic heterocycles. The molecule has 1 amide bonds. The Hall–Kier alpha value is -1.17. The molecule has 1 atom stereocenters. The van der Waals surface area contributed by atoms with Crippen molar-refractivity contribution in [3.8, 4) is 0 Å². The minimum absolute atomic E-state index is 0.0219. The van der Waals surface area contributed by atoms with Crippen LogP contribution >= 0.6 is 15.9 Å². The SMILES string of the molecule is CC(=O)NC1CCN(c2ncncc2Br)C1. The van der Waals surface area contributed by atoms with Crippen molar-refractivity contribution in [3.63, 3.8) is 0 Å². The first-order valence-corrected chi connectivity index (χ1v) is 5.93. The second-order valence-corrected chi connectivity index (χ2v) is 4.68. The van der Waals surface area contributed by atoms with Crippen molar-refractivity contribution < 1.29 is 4.79 Å². The van der Waals surface area contributed by atoms with Crippen molar-refractivity contribution in [1.82, 2.24) is 15.3 Å². The average Bonchev–Trinajstić information content (AvgIpc) is 2.66. The third-order valence-corrected chi connectivity index (χ3v) is 3.10. The summed E-state index contributed by atoms with van der Waals surface area (Å²) in [5.74, 6) is 0.913. The van der Waals surface area contributed by atoms with E-state index in [4.69, 9.17) is 0 Å². The summed E-state index contributed by atoms with van der Waals surface area (Å²) < 4.78 is 0.887. The number of amides is 1. The third-order valence-electron chi connectivity index (χ3n) is 2.54. The van der Waals surface area contributed by atoms with Gasteiger partial charge in [0.15, 0.2) is 0 Å². The van der Waals surface area contributed by atoms with Crippen LogP contribution in [0.15, 0.2) is 17.0 Å². The van der Waals surface area contributed by atoms with Gasteiger partial charge in [0.1, 0.15) is 12.1 Å². The van der Waals surface area contributed by atoms with Gasteiger partial charge in [-0.3, -0.25) is 4.79 Å². The Morgan fingerprint density at radius 1 is 1.69 bits per heavy atom. The predicted octanol–water partition coefficient (Wildman–Crippen LogP) is 0.954. The molecule has 1 aromatic heterocycles. The minimum Gasteiger partial charge on any atom is -0.353 e. The molecular weight excluding hydrogens is 272 g/mol. The van der Waals surface area contributed by atoms with Gasteiger partial charge in [0, 0.05) is 32.3 Å². The number of nitrogens with one attached hydrogen (secondary N) is 1. The van der Waals surface area contributed by atoms with E-state index < -0.39 is 0 Å². The molecule has 0 radical (unpaired) electrons. The van der Waals surface area contributed by atoms with Crippen molar-refractivity contribution in [2.75, 3.05) is 18.0 Å². The Kier molecular flexibility index (Phi) is 3.38. The molecule has 1 fully saturated rings. The van der Waals surface area contributed by atoms with Gasteiger partial charge in [0.2, 0.25) is 5.91 Å². The quantitative estimate of drug-likeness (QED) is 0.879. The van der Waals surface area contributed by atoms with E-state index in [2.05, 4.69) is 36.1 Å². The monoisotopic (exact) mass is 284 g/mol. The van der Waals surface area contributed by atoms with Crippen LogP contribution in [0.2, 0.25) is 0 Å². The Morgan fingerprint density at radius 3 is 3.19 bits per heavy atom. The summed E-state index contributed by atoms with van der Waals surface area (Å²) >= 11 is 3.42. The van der Waals surface area contributed by atoms with Crippen LogP contribution in [0.4, 0.5) is 5.82 Å². The van der Waals surface area contributed by atoms with Gasteiger partial charge in [-0.05, 0) is 22.4 Å². The smallest absolute Gasteiger partial charge is 0.217 e. The molecule has 5 nitrogen and oxygen atoms in total. The van der Waals surface area contributed by atoms with Crippen LogP contribution in [0.3, 0.4) is 0 Å². The molecule has 0 spiro atoms. The predicted molar refractivity (Wildman–Crippen MR) is 64.2 cm³/mol. The molecule has 0 saturated carbocycles. The van der Waals surface area contributed by atoms with Crippen LogP contribution in [0.25, 0.3) is 0 Å². The number of nitrogens with zero attached hydrogens (tertiary/aromatic N) is 3. The van der Waals surface area contributed by atoms with Gasteiger partial charge in [0.25, 0.3) is 0 Å². The lowest BCUT2D eigenvalue weighted by Crippen LogP contribution is -2.35. The highest BCUT2D eigenvalue weighted by molar-refractivity contribution is 9.10. The minimum atomic E-state index is 0.0219. The number of carbonyl (C=O) groups excluding carboxylic acids is 1. The van der Waals surface area contributed by atoms with Gasteiger partial charge in [-0.15, -0.1) is 0 Å². The van der Waals surface area contributed by atoms with E-state index in [1.807, 2.05) is 0 Å². The number of hydrogen-bond acceptors (Lipinski definition) is 4. The Balaban J connectivity index is 2.04. The van der Waals surface area contributed by atoms with Gasteiger partial charge in [-0.2, -0.15) is 0 Å². The highest BCUT2D eigenvalue weighted by Gasteiger charge is 2.25. The summed E-state index contributed by atoms with van der Waals surface area (Å²) in [7, 11) is 0. The number of carbonyl (C=O) groups is 1. The molecule has 1 saturated heterocycles. The van der Waals surface area contributed by atoms with E-state index in [1.54, 1.807) is 13.1 Å². The maximum atomic E-state index is 10.9. The lowest BCUT2D eigenvalue weighted by atomic mass is 10.3. The normalized spacial score (nSPS) is 19.9. The second kappa shape index (κ2) is 4.78. The molecular formula is C10H13BrN4O. The number of anilines is 1. The van der Waals surface area contributed by atoms with Crippen molar-refractivity contribution in [1.29, 1.82) is 0 Å². The van der Waals surface area contributed by atoms with Gasteiger partial charge >= 0.3 is 0 Å². The number of rotatable bonds is 2. The molecule has 0 aromatic carbocycles. The van der Waals surface area contributed by atoms with Crippen LogP contribution in [-0.2, 0) is 4.79 Å². The molecule has 0 aliphatic carbocycles. The summed E-state index contributed by atoms with van der Waals surface area (Å²) in [6.45, 7) is 3.25. The highest BCUT2D eigenvalue weighted by atomic mass is 79.9. The number of hydrogen-bond donors (Lipinski definition) is 1. The molecule has 0 bridgehead atoms. The van der Waals surface area contributed by atoms with E-state index >= 15 is 0 Å². The first-order chi connectivity index (χ1) is 7.66. The molecule has 2 heterocycles. The van der Waals surface area contributed by atoms with Gasteiger partial charge in [-0.1, -0.05) is 0 Å². The second-order valence-electron chi connectivity index (χ2n) is 3.83. The van der Waals surface area contributed by atoms with Crippen LogP contribution in [0.5, 0.6) is 0 Å². The maximum absolute atomic E-state index is 10.9. The zero-order valence-corrected chi connectivity index (χ0v) is 10.6. The lowest BCUT2D eigenvalue weighted by molar-refractivity contribution is -0.119. The van der Waals surface area contributed by atoms with Gasteiger partial charge in [0.05, 0.1) is 4.47 Å². The first kappa shape index (κ1) is 11.3. The molecule has 16 heavy (non-hydrogen) atoms. The standard InChI is InChI=1S/C10H13BrN4O/c1-7(16)14-8-2-3-15(5-8)10-9(11)4-12-6-13-10/h4,6,8H,2-3,5H2,1H3,(H,14,16). The third kappa shape index (κ3) is 2.49. The fourth-order valence-electron chi connectivity index (χ4n) is 1.90. The molecule has 6 heteroatoms. The summed E-state index contributed by atoms with van der Waals surface area (Å²) in [4.78, 5) is 21.2. The highest BCUT2D eigenvalue weighted by Crippen LogP contribution is 2.25.